The molecule has 0 heterocycles. The standard InChI is InChI=1S/C15H16O2/c1-9-7-8-12(11(3)10(9)2)13-5-4-6-14(16)15(13)17/h4-8,16-17H,1-3H3. The molecule has 88 valence electrons. The van der Waals surface area contributed by atoms with Crippen molar-refractivity contribution in [3.05, 3.63) is 47.0 Å². The fourth-order valence-electron chi connectivity index (χ4n) is 2.00. The lowest BCUT2D eigenvalue weighted by Crippen LogP contribution is -1.91. The van der Waals surface area contributed by atoms with Crippen LogP contribution in [0.15, 0.2) is 30.3 Å². The summed E-state index contributed by atoms with van der Waals surface area (Å²) in [4.78, 5) is 0. The molecule has 0 aliphatic heterocycles. The van der Waals surface area contributed by atoms with Crippen molar-refractivity contribution in [1.82, 2.24) is 0 Å². The Bertz CT molecular complexity index is 571. The molecule has 17 heavy (non-hydrogen) atoms. The zero-order chi connectivity index (χ0) is 12.6. The Labute approximate surface area is 101 Å². The molecule has 0 aromatic heterocycles. The molecule has 0 aliphatic carbocycles. The van der Waals surface area contributed by atoms with Crippen molar-refractivity contribution in [2.24, 2.45) is 0 Å². The summed E-state index contributed by atoms with van der Waals surface area (Å²) in [7, 11) is 0. The minimum absolute atomic E-state index is 0.0566. The summed E-state index contributed by atoms with van der Waals surface area (Å²) in [5.74, 6) is -0.140. The van der Waals surface area contributed by atoms with Gasteiger partial charge in [0.25, 0.3) is 0 Å². The molecule has 0 unspecified atom stereocenters. The van der Waals surface area contributed by atoms with Crippen molar-refractivity contribution in [2.75, 3.05) is 0 Å². The van der Waals surface area contributed by atoms with Gasteiger partial charge in [0.2, 0.25) is 0 Å². The average molecular weight is 228 g/mol. The first-order chi connectivity index (χ1) is 8.02. The predicted octanol–water partition coefficient (Wildman–Crippen LogP) is 3.69. The monoisotopic (exact) mass is 228 g/mol. The molecular formula is C15H16O2. The molecule has 0 spiro atoms. The van der Waals surface area contributed by atoms with Crippen LogP contribution in [-0.4, -0.2) is 10.2 Å². The van der Waals surface area contributed by atoms with Gasteiger partial charge >= 0.3 is 0 Å². The number of hydrogen-bond acceptors (Lipinski definition) is 2. The summed E-state index contributed by atoms with van der Waals surface area (Å²) in [6, 6.07) is 9.04. The normalized spacial score (nSPS) is 10.5. The number of phenols is 2. The highest BCUT2D eigenvalue weighted by Crippen LogP contribution is 2.38. The third-order valence-corrected chi connectivity index (χ3v) is 3.36. The first-order valence-electron chi connectivity index (χ1n) is 5.60. The highest BCUT2D eigenvalue weighted by Gasteiger charge is 2.11. The molecule has 0 saturated carbocycles. The summed E-state index contributed by atoms with van der Waals surface area (Å²) in [5.41, 5.74) is 5.20. The molecule has 2 N–H and O–H groups in total. The van der Waals surface area contributed by atoms with Crippen LogP contribution in [0.4, 0.5) is 0 Å². The maximum atomic E-state index is 9.89. The van der Waals surface area contributed by atoms with E-state index in [-0.39, 0.29) is 11.5 Å². The molecular weight excluding hydrogens is 212 g/mol. The number of para-hydroxylation sites is 1. The minimum Gasteiger partial charge on any atom is -0.504 e. The zero-order valence-electron chi connectivity index (χ0n) is 10.3. The fourth-order valence-corrected chi connectivity index (χ4v) is 2.00. The first-order valence-corrected chi connectivity index (χ1v) is 5.60. The van der Waals surface area contributed by atoms with Crippen LogP contribution in [0.25, 0.3) is 11.1 Å². The van der Waals surface area contributed by atoms with Gasteiger partial charge in [-0.05, 0) is 49.1 Å². The van der Waals surface area contributed by atoms with E-state index in [1.165, 1.54) is 17.2 Å². The van der Waals surface area contributed by atoms with Crippen molar-refractivity contribution in [1.29, 1.82) is 0 Å². The third-order valence-electron chi connectivity index (χ3n) is 3.36. The molecule has 0 atom stereocenters. The molecule has 2 heteroatoms. The third kappa shape index (κ3) is 1.86. The van der Waals surface area contributed by atoms with Crippen molar-refractivity contribution in [3.63, 3.8) is 0 Å². The maximum absolute atomic E-state index is 9.89. The van der Waals surface area contributed by atoms with E-state index in [9.17, 15) is 10.2 Å². The van der Waals surface area contributed by atoms with E-state index in [4.69, 9.17) is 0 Å². The van der Waals surface area contributed by atoms with Crippen molar-refractivity contribution < 1.29 is 10.2 Å². The summed E-state index contributed by atoms with van der Waals surface area (Å²) in [6.07, 6.45) is 0. The molecule has 0 aliphatic rings. The molecule has 0 fully saturated rings. The van der Waals surface area contributed by atoms with Crippen LogP contribution in [0, 0.1) is 20.8 Å². The number of benzene rings is 2. The summed E-state index contributed by atoms with van der Waals surface area (Å²) < 4.78 is 0. The van der Waals surface area contributed by atoms with E-state index in [1.54, 1.807) is 6.07 Å². The Morgan fingerprint density at radius 1 is 0.765 bits per heavy atom. The maximum Gasteiger partial charge on any atom is 0.165 e. The van der Waals surface area contributed by atoms with E-state index in [0.717, 1.165) is 11.1 Å². The van der Waals surface area contributed by atoms with Crippen LogP contribution in [-0.2, 0) is 0 Å². The molecule has 0 amide bonds. The Kier molecular flexibility index (Phi) is 2.80. The molecule has 2 aromatic carbocycles. The second-order valence-corrected chi connectivity index (χ2v) is 4.35. The van der Waals surface area contributed by atoms with E-state index in [2.05, 4.69) is 13.8 Å². The lowest BCUT2D eigenvalue weighted by molar-refractivity contribution is 0.405. The number of hydrogen-bond donors (Lipinski definition) is 2. The average Bonchev–Trinajstić information content (AvgIpc) is 2.31. The van der Waals surface area contributed by atoms with Crippen LogP contribution in [0.1, 0.15) is 16.7 Å². The van der Waals surface area contributed by atoms with Crippen LogP contribution < -0.4 is 0 Å². The van der Waals surface area contributed by atoms with Gasteiger partial charge in [0.05, 0.1) is 0 Å². The van der Waals surface area contributed by atoms with Gasteiger partial charge in [-0.2, -0.15) is 0 Å². The predicted molar refractivity (Wildman–Crippen MR) is 69.4 cm³/mol. The van der Waals surface area contributed by atoms with E-state index in [1.807, 2.05) is 25.1 Å². The number of phenolic OH excluding ortho intramolecular Hbond substituents is 2. The zero-order valence-corrected chi connectivity index (χ0v) is 10.3. The second-order valence-electron chi connectivity index (χ2n) is 4.35. The second kappa shape index (κ2) is 4.13. The summed E-state index contributed by atoms with van der Waals surface area (Å²) in [6.45, 7) is 6.16. The smallest absolute Gasteiger partial charge is 0.165 e. The largest absolute Gasteiger partial charge is 0.504 e. The Hall–Kier alpha value is -1.96. The Balaban J connectivity index is 2.69. The van der Waals surface area contributed by atoms with Gasteiger partial charge in [0.15, 0.2) is 11.5 Å². The summed E-state index contributed by atoms with van der Waals surface area (Å²) >= 11 is 0. The lowest BCUT2D eigenvalue weighted by atomic mass is 9.93. The van der Waals surface area contributed by atoms with E-state index >= 15 is 0 Å². The minimum atomic E-state index is -0.0832. The first kappa shape index (κ1) is 11.5. The molecule has 2 aromatic rings. The molecule has 2 nitrogen and oxygen atoms in total. The van der Waals surface area contributed by atoms with Gasteiger partial charge in [0, 0.05) is 5.56 Å². The molecule has 0 radical (unpaired) electrons. The molecule has 0 bridgehead atoms. The SMILES string of the molecule is Cc1ccc(-c2cccc(O)c2O)c(C)c1C. The van der Waals surface area contributed by atoms with Crippen molar-refractivity contribution in [3.8, 4) is 22.6 Å². The van der Waals surface area contributed by atoms with Gasteiger partial charge in [-0.1, -0.05) is 24.3 Å². The molecule has 0 saturated heterocycles. The number of aryl methyl sites for hydroxylation is 1. The van der Waals surface area contributed by atoms with Gasteiger partial charge in [0.1, 0.15) is 0 Å². The summed E-state index contributed by atoms with van der Waals surface area (Å²) in [5, 5.41) is 19.4. The highest BCUT2D eigenvalue weighted by molar-refractivity contribution is 5.76. The fraction of sp³-hybridized carbons (Fsp3) is 0.200. The van der Waals surface area contributed by atoms with Crippen LogP contribution in [0.5, 0.6) is 11.5 Å². The van der Waals surface area contributed by atoms with Crippen LogP contribution >= 0.6 is 0 Å². The van der Waals surface area contributed by atoms with Gasteiger partial charge < -0.3 is 10.2 Å². The van der Waals surface area contributed by atoms with Gasteiger partial charge in [-0.3, -0.25) is 0 Å². The van der Waals surface area contributed by atoms with Crippen LogP contribution in [0.2, 0.25) is 0 Å². The highest BCUT2D eigenvalue weighted by atomic mass is 16.3. The molecule has 2 rings (SSSR count). The van der Waals surface area contributed by atoms with E-state index < -0.39 is 0 Å². The van der Waals surface area contributed by atoms with Gasteiger partial charge in [-0.25, -0.2) is 0 Å². The number of aromatic hydroxyl groups is 2. The van der Waals surface area contributed by atoms with Gasteiger partial charge in [-0.15, -0.1) is 0 Å². The van der Waals surface area contributed by atoms with Crippen LogP contribution in [0.3, 0.4) is 0 Å². The van der Waals surface area contributed by atoms with Crippen molar-refractivity contribution in [2.45, 2.75) is 20.8 Å². The topological polar surface area (TPSA) is 40.5 Å². The Morgan fingerprint density at radius 3 is 2.18 bits per heavy atom. The van der Waals surface area contributed by atoms with Crippen molar-refractivity contribution >= 4 is 0 Å². The quantitative estimate of drug-likeness (QED) is 0.731. The van der Waals surface area contributed by atoms with E-state index in [0.29, 0.717) is 5.56 Å². The number of rotatable bonds is 1. The Morgan fingerprint density at radius 2 is 1.47 bits per heavy atom. The lowest BCUT2D eigenvalue weighted by Gasteiger charge is -2.13.